The number of thiazole rings is 1. The Bertz CT molecular complexity index is 1250. The minimum Gasteiger partial charge on any atom is -0.772 e. The Kier molecular flexibility index (Phi) is 5.70. The second-order valence-corrected chi connectivity index (χ2v) is 8.21. The molecule has 152 valence electrons. The summed E-state index contributed by atoms with van der Waals surface area (Å²) in [6.07, 6.45) is 3.62. The van der Waals surface area contributed by atoms with Crippen LogP contribution >= 0.6 is 11.3 Å². The van der Waals surface area contributed by atoms with Crippen molar-refractivity contribution in [2.45, 2.75) is 5.75 Å². The van der Waals surface area contributed by atoms with Crippen molar-refractivity contribution >= 4 is 49.7 Å². The van der Waals surface area contributed by atoms with E-state index in [2.05, 4.69) is 15.6 Å². The van der Waals surface area contributed by atoms with E-state index in [1.807, 2.05) is 30.6 Å². The maximum absolute atomic E-state index is 12.6. The number of carbonyl (C=O) groups is 2. The number of hydrogen-bond donors (Lipinski definition) is 2. The zero-order valence-corrected chi connectivity index (χ0v) is 17.0. The minimum atomic E-state index is -2.18. The van der Waals surface area contributed by atoms with E-state index < -0.39 is 23.0 Å². The minimum absolute atomic E-state index is 0.0909. The van der Waals surface area contributed by atoms with Crippen LogP contribution in [0.4, 0.5) is 9.93 Å². The Hall–Kier alpha value is -3.34. The molecule has 2 aromatic heterocycles. The quantitative estimate of drug-likeness (QED) is 0.462. The number of nitrogens with one attached hydrogen (secondary N) is 2. The predicted molar refractivity (Wildman–Crippen MR) is 114 cm³/mol. The monoisotopic (exact) mass is 439 g/mol. The molecule has 0 aliphatic rings. The molecule has 2 N–H and O–H groups in total. The Balaban J connectivity index is 1.47. The van der Waals surface area contributed by atoms with E-state index >= 15 is 0 Å². The fourth-order valence-corrected chi connectivity index (χ4v) is 4.31. The number of urea groups is 1. The van der Waals surface area contributed by atoms with E-state index in [9.17, 15) is 18.4 Å². The van der Waals surface area contributed by atoms with Crippen LogP contribution in [0.15, 0.2) is 67.0 Å². The number of nitrogens with zero attached hydrogens (tertiary/aromatic N) is 2. The molecule has 0 bridgehead atoms. The van der Waals surface area contributed by atoms with E-state index in [0.717, 1.165) is 4.70 Å². The fraction of sp³-hybridized carbons (Fsp3) is 0.0500. The van der Waals surface area contributed by atoms with E-state index in [4.69, 9.17) is 0 Å². The summed E-state index contributed by atoms with van der Waals surface area (Å²) in [5.41, 5.74) is 2.26. The van der Waals surface area contributed by atoms with Gasteiger partial charge in [-0.1, -0.05) is 40.6 Å². The average molecular weight is 439 g/mol. The van der Waals surface area contributed by atoms with Crippen molar-refractivity contribution in [3.05, 3.63) is 78.1 Å². The Morgan fingerprint density at radius 2 is 1.87 bits per heavy atom. The van der Waals surface area contributed by atoms with Gasteiger partial charge >= 0.3 is 6.03 Å². The van der Waals surface area contributed by atoms with Gasteiger partial charge in [0.25, 0.3) is 5.91 Å². The average Bonchev–Trinajstić information content (AvgIpc) is 3.36. The van der Waals surface area contributed by atoms with Crippen molar-refractivity contribution in [3.8, 4) is 5.69 Å². The van der Waals surface area contributed by atoms with Crippen LogP contribution in [0.25, 0.3) is 15.9 Å². The van der Waals surface area contributed by atoms with Gasteiger partial charge in [-0.05, 0) is 42.0 Å². The van der Waals surface area contributed by atoms with Crippen LogP contribution in [-0.4, -0.2) is 30.3 Å². The SMILES string of the molecule is O=C(NC(=O)c1ccccc1-n1cccc1)Nc1nc2ccc(CS(=O)[O-])cc2s1. The van der Waals surface area contributed by atoms with Crippen molar-refractivity contribution < 1.29 is 18.4 Å². The molecule has 0 aliphatic carbocycles. The van der Waals surface area contributed by atoms with Crippen LogP contribution < -0.4 is 10.6 Å². The molecule has 2 aromatic carbocycles. The molecular weight excluding hydrogens is 424 g/mol. The number of carbonyl (C=O) groups excluding carboxylic acids is 2. The summed E-state index contributed by atoms with van der Waals surface area (Å²) in [6, 6.07) is 15.0. The zero-order chi connectivity index (χ0) is 21.1. The molecule has 10 heteroatoms. The molecule has 0 spiro atoms. The highest BCUT2D eigenvalue weighted by atomic mass is 32.2. The lowest BCUT2D eigenvalue weighted by Crippen LogP contribution is -2.34. The number of hydrogen-bond acceptors (Lipinski definition) is 6. The molecule has 0 fully saturated rings. The first-order valence-electron chi connectivity index (χ1n) is 8.79. The lowest BCUT2D eigenvalue weighted by Gasteiger charge is -2.10. The number of para-hydroxylation sites is 1. The molecule has 2 heterocycles. The van der Waals surface area contributed by atoms with Gasteiger partial charge in [0, 0.05) is 18.1 Å². The lowest BCUT2D eigenvalue weighted by atomic mass is 10.1. The summed E-state index contributed by atoms with van der Waals surface area (Å²) >= 11 is -0.993. The Morgan fingerprint density at radius 1 is 1.10 bits per heavy atom. The summed E-state index contributed by atoms with van der Waals surface area (Å²) in [5, 5.41) is 5.17. The fourth-order valence-electron chi connectivity index (χ4n) is 2.93. The maximum Gasteiger partial charge on any atom is 0.327 e. The highest BCUT2D eigenvalue weighted by Gasteiger charge is 2.16. The smallest absolute Gasteiger partial charge is 0.327 e. The van der Waals surface area contributed by atoms with Crippen molar-refractivity contribution in [3.63, 3.8) is 0 Å². The van der Waals surface area contributed by atoms with Gasteiger partial charge in [0.2, 0.25) is 0 Å². The molecule has 0 radical (unpaired) electrons. The summed E-state index contributed by atoms with van der Waals surface area (Å²) in [4.78, 5) is 29.2. The van der Waals surface area contributed by atoms with Crippen LogP contribution in [0, 0.1) is 0 Å². The summed E-state index contributed by atoms with van der Waals surface area (Å²) in [5.74, 6) is -0.634. The van der Waals surface area contributed by atoms with E-state index in [1.165, 1.54) is 11.3 Å². The van der Waals surface area contributed by atoms with Gasteiger partial charge in [-0.25, -0.2) is 9.78 Å². The van der Waals surface area contributed by atoms with Crippen LogP contribution in [0.3, 0.4) is 0 Å². The predicted octanol–water partition coefficient (Wildman–Crippen LogP) is 3.43. The first kappa shape index (κ1) is 20.0. The van der Waals surface area contributed by atoms with Crippen molar-refractivity contribution in [1.29, 1.82) is 0 Å². The second kappa shape index (κ2) is 8.57. The Labute approximate surface area is 177 Å². The van der Waals surface area contributed by atoms with Gasteiger partial charge < -0.3 is 9.12 Å². The van der Waals surface area contributed by atoms with Crippen molar-refractivity contribution in [1.82, 2.24) is 14.9 Å². The standard InChI is InChI=1S/C20H16N4O4S2/c25-18(14-5-1-2-6-16(14)24-9-3-4-10-24)22-19(26)23-20-21-15-8-7-13(12-30(27)28)11-17(15)29-20/h1-11H,12H2,(H,27,28)(H2,21,22,23,25,26)/p-1. The van der Waals surface area contributed by atoms with E-state index in [-0.39, 0.29) is 5.75 Å². The molecule has 4 aromatic rings. The summed E-state index contributed by atoms with van der Waals surface area (Å²) in [7, 11) is 0. The van der Waals surface area contributed by atoms with Crippen LogP contribution in [-0.2, 0) is 16.8 Å². The van der Waals surface area contributed by atoms with Gasteiger partial charge in [0.05, 0.1) is 21.5 Å². The normalized spacial score (nSPS) is 11.9. The first-order valence-corrected chi connectivity index (χ1v) is 10.9. The molecule has 4 rings (SSSR count). The van der Waals surface area contributed by atoms with Gasteiger partial charge in [-0.15, -0.1) is 0 Å². The van der Waals surface area contributed by atoms with Crippen LogP contribution in [0.1, 0.15) is 15.9 Å². The third-order valence-electron chi connectivity index (χ3n) is 4.22. The third-order valence-corrected chi connectivity index (χ3v) is 5.72. The number of benzene rings is 2. The summed E-state index contributed by atoms with van der Waals surface area (Å²) < 4.78 is 24.2. The van der Waals surface area contributed by atoms with Gasteiger partial charge in [-0.2, -0.15) is 0 Å². The molecule has 0 saturated carbocycles. The molecular formula is C20H15N4O4S2-. The number of rotatable bonds is 5. The molecule has 0 aliphatic heterocycles. The molecule has 8 nitrogen and oxygen atoms in total. The number of amides is 3. The van der Waals surface area contributed by atoms with Gasteiger partial charge in [0.15, 0.2) is 5.13 Å². The van der Waals surface area contributed by atoms with E-state index in [1.54, 1.807) is 41.0 Å². The third kappa shape index (κ3) is 4.46. The highest BCUT2D eigenvalue weighted by Crippen LogP contribution is 2.27. The lowest BCUT2D eigenvalue weighted by molar-refractivity contribution is 0.0967. The van der Waals surface area contributed by atoms with Crippen molar-refractivity contribution in [2.24, 2.45) is 0 Å². The number of aromatic nitrogens is 2. The zero-order valence-electron chi connectivity index (χ0n) is 15.4. The highest BCUT2D eigenvalue weighted by molar-refractivity contribution is 7.78. The van der Waals surface area contributed by atoms with Crippen LogP contribution in [0.2, 0.25) is 0 Å². The maximum atomic E-state index is 12.6. The van der Waals surface area contributed by atoms with Gasteiger partial charge in [-0.3, -0.25) is 19.6 Å². The topological polar surface area (TPSA) is 116 Å². The molecule has 3 amide bonds. The summed E-state index contributed by atoms with van der Waals surface area (Å²) in [6.45, 7) is 0. The van der Waals surface area contributed by atoms with Crippen molar-refractivity contribution in [2.75, 3.05) is 5.32 Å². The number of fused-ring (bicyclic) bond motifs is 1. The largest absolute Gasteiger partial charge is 0.772 e. The Morgan fingerprint density at radius 3 is 2.63 bits per heavy atom. The van der Waals surface area contributed by atoms with Crippen LogP contribution in [0.5, 0.6) is 0 Å². The first-order chi connectivity index (χ1) is 14.5. The molecule has 1 atom stereocenters. The molecule has 0 saturated heterocycles. The number of imide groups is 1. The molecule has 1 unspecified atom stereocenters. The molecule has 30 heavy (non-hydrogen) atoms. The van der Waals surface area contributed by atoms with Gasteiger partial charge in [0.1, 0.15) is 0 Å². The number of anilines is 1. The van der Waals surface area contributed by atoms with E-state index in [0.29, 0.717) is 27.5 Å². The second-order valence-electron chi connectivity index (χ2n) is 6.28.